The summed E-state index contributed by atoms with van der Waals surface area (Å²) in [6.45, 7) is 2.53. The molecule has 4 N–H and O–H groups in total. The van der Waals surface area contributed by atoms with Gasteiger partial charge >= 0.3 is 0 Å². The summed E-state index contributed by atoms with van der Waals surface area (Å²) in [5.74, 6) is 0.163. The van der Waals surface area contributed by atoms with Crippen LogP contribution in [0.25, 0.3) is 0 Å². The molecule has 1 aromatic carbocycles. The zero-order valence-electron chi connectivity index (χ0n) is 12.0. The largest absolute Gasteiger partial charge is 0.330 e. The van der Waals surface area contributed by atoms with Gasteiger partial charge in [0.1, 0.15) is 0 Å². The topological polar surface area (TPSA) is 101 Å². The van der Waals surface area contributed by atoms with Crippen molar-refractivity contribution in [2.24, 2.45) is 11.7 Å². The van der Waals surface area contributed by atoms with E-state index in [1.165, 1.54) is 12.1 Å². The normalized spacial score (nSPS) is 12.8. The SMILES string of the molecule is CC(CN)CCC(=O)Nc1ccc(NS(C)(=O)=O)c(Cl)c1. The van der Waals surface area contributed by atoms with Crippen LogP contribution in [0.5, 0.6) is 0 Å². The minimum absolute atomic E-state index is 0.129. The predicted molar refractivity (Wildman–Crippen MR) is 86.0 cm³/mol. The molecule has 21 heavy (non-hydrogen) atoms. The van der Waals surface area contributed by atoms with Crippen molar-refractivity contribution in [2.75, 3.05) is 22.8 Å². The zero-order valence-corrected chi connectivity index (χ0v) is 13.6. The molecular formula is C13H20ClN3O3S. The Morgan fingerprint density at radius 2 is 2.10 bits per heavy atom. The van der Waals surface area contributed by atoms with Crippen molar-refractivity contribution in [1.29, 1.82) is 0 Å². The number of anilines is 2. The number of hydrogen-bond donors (Lipinski definition) is 3. The van der Waals surface area contributed by atoms with Crippen LogP contribution in [0.4, 0.5) is 11.4 Å². The Morgan fingerprint density at radius 3 is 2.62 bits per heavy atom. The smallest absolute Gasteiger partial charge is 0.229 e. The van der Waals surface area contributed by atoms with Gasteiger partial charge in [-0.3, -0.25) is 9.52 Å². The highest BCUT2D eigenvalue weighted by atomic mass is 35.5. The number of halogens is 1. The van der Waals surface area contributed by atoms with Crippen molar-refractivity contribution in [3.63, 3.8) is 0 Å². The molecule has 1 unspecified atom stereocenters. The first-order valence-corrected chi connectivity index (χ1v) is 8.75. The van der Waals surface area contributed by atoms with Gasteiger partial charge in [0.15, 0.2) is 0 Å². The third-order valence-corrected chi connectivity index (χ3v) is 3.72. The summed E-state index contributed by atoms with van der Waals surface area (Å²) in [5.41, 5.74) is 6.28. The molecule has 0 saturated heterocycles. The highest BCUT2D eigenvalue weighted by molar-refractivity contribution is 7.92. The minimum atomic E-state index is -3.39. The predicted octanol–water partition coefficient (Wildman–Crippen LogP) is 2.03. The van der Waals surface area contributed by atoms with Crippen LogP contribution in [-0.2, 0) is 14.8 Å². The second kappa shape index (κ2) is 7.63. The minimum Gasteiger partial charge on any atom is -0.330 e. The first-order chi connectivity index (χ1) is 9.71. The van der Waals surface area contributed by atoms with Gasteiger partial charge in [0.05, 0.1) is 17.0 Å². The lowest BCUT2D eigenvalue weighted by Gasteiger charge is -2.11. The molecular weight excluding hydrogens is 314 g/mol. The number of hydrogen-bond acceptors (Lipinski definition) is 4. The molecule has 0 saturated carbocycles. The summed E-state index contributed by atoms with van der Waals surface area (Å²) in [5, 5.41) is 2.93. The van der Waals surface area contributed by atoms with Crippen molar-refractivity contribution < 1.29 is 13.2 Å². The van der Waals surface area contributed by atoms with Crippen LogP contribution >= 0.6 is 11.6 Å². The molecule has 118 valence electrons. The Morgan fingerprint density at radius 1 is 1.43 bits per heavy atom. The van der Waals surface area contributed by atoms with Gasteiger partial charge in [0, 0.05) is 12.1 Å². The monoisotopic (exact) mass is 333 g/mol. The van der Waals surface area contributed by atoms with Crippen LogP contribution in [0.2, 0.25) is 5.02 Å². The second-order valence-electron chi connectivity index (χ2n) is 5.00. The van der Waals surface area contributed by atoms with Crippen LogP contribution in [0.1, 0.15) is 19.8 Å². The highest BCUT2D eigenvalue weighted by Crippen LogP contribution is 2.26. The Balaban J connectivity index is 2.65. The quantitative estimate of drug-likeness (QED) is 0.710. The molecule has 0 radical (unpaired) electrons. The molecule has 0 aliphatic rings. The molecule has 0 aliphatic heterocycles. The summed E-state index contributed by atoms with van der Waals surface area (Å²) >= 11 is 5.97. The Labute approximate surface area is 130 Å². The summed E-state index contributed by atoms with van der Waals surface area (Å²) in [7, 11) is -3.39. The van der Waals surface area contributed by atoms with E-state index in [1.54, 1.807) is 6.07 Å². The number of amides is 1. The van der Waals surface area contributed by atoms with Gasteiger partial charge in [-0.1, -0.05) is 18.5 Å². The fourth-order valence-corrected chi connectivity index (χ4v) is 2.46. The van der Waals surface area contributed by atoms with Crippen LogP contribution in [0.3, 0.4) is 0 Å². The average Bonchev–Trinajstić information content (AvgIpc) is 2.38. The molecule has 1 amide bonds. The van der Waals surface area contributed by atoms with E-state index in [2.05, 4.69) is 10.0 Å². The maximum Gasteiger partial charge on any atom is 0.229 e. The van der Waals surface area contributed by atoms with Crippen molar-refractivity contribution in [3.8, 4) is 0 Å². The summed E-state index contributed by atoms with van der Waals surface area (Å²) in [6, 6.07) is 4.59. The van der Waals surface area contributed by atoms with Gasteiger partial charge in [0.25, 0.3) is 0 Å². The number of sulfonamides is 1. The van der Waals surface area contributed by atoms with Crippen LogP contribution in [0, 0.1) is 5.92 Å². The molecule has 0 heterocycles. The maximum absolute atomic E-state index is 11.8. The third kappa shape index (κ3) is 6.79. The Bertz CT molecular complexity index is 605. The number of rotatable bonds is 7. The van der Waals surface area contributed by atoms with E-state index < -0.39 is 10.0 Å². The first kappa shape index (κ1) is 17.7. The number of nitrogens with one attached hydrogen (secondary N) is 2. The molecule has 1 aromatic rings. The molecule has 0 aromatic heterocycles. The fraction of sp³-hybridized carbons (Fsp3) is 0.462. The second-order valence-corrected chi connectivity index (χ2v) is 7.15. The lowest BCUT2D eigenvalue weighted by molar-refractivity contribution is -0.116. The van der Waals surface area contributed by atoms with Crippen molar-refractivity contribution in [3.05, 3.63) is 23.2 Å². The summed E-state index contributed by atoms with van der Waals surface area (Å²) in [4.78, 5) is 11.8. The van der Waals surface area contributed by atoms with E-state index in [-0.39, 0.29) is 16.6 Å². The number of benzene rings is 1. The maximum atomic E-state index is 11.8. The lowest BCUT2D eigenvalue weighted by atomic mass is 10.1. The van der Waals surface area contributed by atoms with Crippen LogP contribution < -0.4 is 15.8 Å². The fourth-order valence-electron chi connectivity index (χ4n) is 1.59. The van der Waals surface area contributed by atoms with E-state index in [1.807, 2.05) is 6.92 Å². The zero-order chi connectivity index (χ0) is 16.0. The van der Waals surface area contributed by atoms with E-state index >= 15 is 0 Å². The molecule has 1 atom stereocenters. The van der Waals surface area contributed by atoms with E-state index in [0.717, 1.165) is 6.26 Å². The van der Waals surface area contributed by atoms with Crippen LogP contribution in [0.15, 0.2) is 18.2 Å². The molecule has 1 rings (SSSR count). The van der Waals surface area contributed by atoms with Gasteiger partial charge in [0.2, 0.25) is 15.9 Å². The highest BCUT2D eigenvalue weighted by Gasteiger charge is 2.09. The van der Waals surface area contributed by atoms with Gasteiger partial charge in [-0.25, -0.2) is 8.42 Å². The number of nitrogens with two attached hydrogens (primary N) is 1. The standard InChI is InChI=1S/C13H20ClN3O3S/c1-9(8-15)3-6-13(18)16-10-4-5-12(11(14)7-10)17-21(2,19)20/h4-5,7,9,17H,3,6,8,15H2,1-2H3,(H,16,18). The van der Waals surface area contributed by atoms with Crippen molar-refractivity contribution in [1.82, 2.24) is 0 Å². The van der Waals surface area contributed by atoms with E-state index in [4.69, 9.17) is 17.3 Å². The van der Waals surface area contributed by atoms with Crippen LogP contribution in [-0.4, -0.2) is 27.1 Å². The van der Waals surface area contributed by atoms with Gasteiger partial charge in [-0.15, -0.1) is 0 Å². The van der Waals surface area contributed by atoms with Gasteiger partial charge in [-0.05, 0) is 37.1 Å². The number of carbonyl (C=O) groups excluding carboxylic acids is 1. The summed E-state index contributed by atoms with van der Waals surface area (Å²) < 4.78 is 24.6. The van der Waals surface area contributed by atoms with Gasteiger partial charge < -0.3 is 11.1 Å². The van der Waals surface area contributed by atoms with E-state index in [0.29, 0.717) is 31.0 Å². The molecule has 0 fully saturated rings. The molecule has 8 heteroatoms. The van der Waals surface area contributed by atoms with Gasteiger partial charge in [-0.2, -0.15) is 0 Å². The first-order valence-electron chi connectivity index (χ1n) is 6.48. The number of carbonyl (C=O) groups is 1. The van der Waals surface area contributed by atoms with E-state index in [9.17, 15) is 13.2 Å². The van der Waals surface area contributed by atoms with Crippen molar-refractivity contribution >= 4 is 38.9 Å². The lowest BCUT2D eigenvalue weighted by Crippen LogP contribution is -2.16. The Kier molecular flexibility index (Phi) is 6.44. The molecule has 0 aliphatic carbocycles. The van der Waals surface area contributed by atoms with Crippen molar-refractivity contribution in [2.45, 2.75) is 19.8 Å². The Hall–Kier alpha value is -1.31. The molecule has 0 bridgehead atoms. The average molecular weight is 334 g/mol. The molecule has 0 spiro atoms. The summed E-state index contributed by atoms with van der Waals surface area (Å²) in [6.07, 6.45) is 2.13. The molecule has 6 nitrogen and oxygen atoms in total. The third-order valence-electron chi connectivity index (χ3n) is 2.81.